The van der Waals surface area contributed by atoms with Gasteiger partial charge in [-0.1, -0.05) is 17.7 Å². The molecule has 2 aromatic rings. The second-order valence-corrected chi connectivity index (χ2v) is 8.47. The average Bonchev–Trinajstić information content (AvgIpc) is 3.18. The first-order valence-corrected chi connectivity index (χ1v) is 10.1. The molecule has 2 aliphatic rings. The van der Waals surface area contributed by atoms with Gasteiger partial charge in [-0.15, -0.1) is 11.8 Å². The molecule has 1 unspecified atom stereocenters. The van der Waals surface area contributed by atoms with Crippen molar-refractivity contribution in [2.45, 2.75) is 29.9 Å². The minimum Gasteiger partial charge on any atom is -0.398 e. The fourth-order valence-electron chi connectivity index (χ4n) is 3.94. The molecule has 2 aliphatic carbocycles. The van der Waals surface area contributed by atoms with Crippen molar-refractivity contribution in [2.24, 2.45) is 11.8 Å². The lowest BCUT2D eigenvalue weighted by Gasteiger charge is -2.18. The highest BCUT2D eigenvalue weighted by Gasteiger charge is 2.44. The highest BCUT2D eigenvalue weighted by atomic mass is 35.5. The van der Waals surface area contributed by atoms with Gasteiger partial charge in [-0.05, 0) is 54.7 Å². The van der Waals surface area contributed by atoms with Crippen LogP contribution in [0.1, 0.15) is 17.7 Å². The first-order chi connectivity index (χ1) is 12.5. The summed E-state index contributed by atoms with van der Waals surface area (Å²) >= 11 is 7.60. The molecular weight excluding hydrogens is 368 g/mol. The molecule has 0 saturated heterocycles. The Morgan fingerprint density at radius 2 is 1.92 bits per heavy atom. The highest BCUT2D eigenvalue weighted by Crippen LogP contribution is 2.45. The topological polar surface area (TPSA) is 79.4 Å². The van der Waals surface area contributed by atoms with Crippen LogP contribution in [0, 0.1) is 11.8 Å². The average molecular weight is 389 g/mol. The van der Waals surface area contributed by atoms with E-state index in [0.29, 0.717) is 5.02 Å². The van der Waals surface area contributed by atoms with Crippen molar-refractivity contribution in [3.63, 3.8) is 0 Å². The van der Waals surface area contributed by atoms with Crippen LogP contribution in [0.15, 0.2) is 47.5 Å². The van der Waals surface area contributed by atoms with Gasteiger partial charge in [0.15, 0.2) is 0 Å². The van der Waals surface area contributed by atoms with Gasteiger partial charge in [0, 0.05) is 39.0 Å². The third-order valence-electron chi connectivity index (χ3n) is 5.37. The number of allylic oxidation sites excluding steroid dienone is 1. The number of nitrogens with zero attached hydrogens (tertiary/aromatic N) is 1. The molecule has 0 amide bonds. The summed E-state index contributed by atoms with van der Waals surface area (Å²) < 4.78 is 0. The molecule has 6 heteroatoms. The van der Waals surface area contributed by atoms with Gasteiger partial charge >= 0.3 is 0 Å². The Hall–Kier alpha value is -1.53. The largest absolute Gasteiger partial charge is 0.398 e. The van der Waals surface area contributed by atoms with E-state index in [1.165, 1.54) is 0 Å². The van der Waals surface area contributed by atoms with Gasteiger partial charge in [0.2, 0.25) is 0 Å². The van der Waals surface area contributed by atoms with Crippen LogP contribution in [0.25, 0.3) is 5.57 Å². The zero-order valence-corrected chi connectivity index (χ0v) is 15.7. The van der Waals surface area contributed by atoms with Crippen molar-refractivity contribution in [1.82, 2.24) is 4.98 Å². The Morgan fingerprint density at radius 3 is 2.69 bits per heavy atom. The number of aliphatic hydroxyl groups is 2. The van der Waals surface area contributed by atoms with Gasteiger partial charge in [0.05, 0.1) is 17.9 Å². The van der Waals surface area contributed by atoms with Crippen molar-refractivity contribution >= 4 is 34.6 Å². The fourth-order valence-corrected chi connectivity index (χ4v) is 5.13. The highest BCUT2D eigenvalue weighted by molar-refractivity contribution is 7.99. The van der Waals surface area contributed by atoms with E-state index in [4.69, 9.17) is 17.3 Å². The maximum Gasteiger partial charge on any atom is 0.0871 e. The molecule has 136 valence electrons. The predicted molar refractivity (Wildman–Crippen MR) is 106 cm³/mol. The van der Waals surface area contributed by atoms with E-state index < -0.39 is 12.2 Å². The summed E-state index contributed by atoms with van der Waals surface area (Å²) in [5.41, 5.74) is 9.72. The van der Waals surface area contributed by atoms with Crippen molar-refractivity contribution in [2.75, 3.05) is 11.5 Å². The number of benzene rings is 1. The summed E-state index contributed by atoms with van der Waals surface area (Å²) in [6.07, 6.45) is 3.79. The summed E-state index contributed by atoms with van der Waals surface area (Å²) in [6.45, 7) is 0. The van der Waals surface area contributed by atoms with E-state index in [1.807, 2.05) is 24.3 Å². The number of aliphatic hydroxyl groups excluding tert-OH is 2. The maximum absolute atomic E-state index is 10.6. The minimum atomic E-state index is -0.772. The lowest BCUT2D eigenvalue weighted by molar-refractivity contribution is 0.0160. The number of halogens is 1. The number of nitrogen functional groups attached to an aromatic ring is 1. The molecule has 0 bridgehead atoms. The molecule has 1 heterocycles. The second kappa shape index (κ2) is 7.24. The van der Waals surface area contributed by atoms with E-state index in [1.54, 1.807) is 24.0 Å². The summed E-state index contributed by atoms with van der Waals surface area (Å²) in [7, 11) is 0. The SMILES string of the molecule is Nc1ccnc2c1CC=C2[C@@H]1C[C@H](CSc2ccc(Cl)cc2)[C@H](O)C1O. The quantitative estimate of drug-likeness (QED) is 0.699. The lowest BCUT2D eigenvalue weighted by atomic mass is 9.93. The third-order valence-corrected chi connectivity index (χ3v) is 6.82. The van der Waals surface area contributed by atoms with E-state index in [2.05, 4.69) is 11.1 Å². The van der Waals surface area contributed by atoms with Crippen LogP contribution >= 0.6 is 23.4 Å². The molecule has 26 heavy (non-hydrogen) atoms. The van der Waals surface area contributed by atoms with Crippen molar-refractivity contribution in [3.05, 3.63) is 58.9 Å². The Balaban J connectivity index is 1.47. The molecule has 4 rings (SSSR count). The maximum atomic E-state index is 10.6. The number of hydrogen-bond acceptors (Lipinski definition) is 5. The van der Waals surface area contributed by atoms with Gasteiger partial charge in [-0.2, -0.15) is 0 Å². The van der Waals surface area contributed by atoms with Crippen LogP contribution < -0.4 is 5.73 Å². The zero-order valence-electron chi connectivity index (χ0n) is 14.2. The van der Waals surface area contributed by atoms with Gasteiger partial charge in [-0.25, -0.2) is 0 Å². The summed E-state index contributed by atoms with van der Waals surface area (Å²) in [5, 5.41) is 21.9. The number of aromatic nitrogens is 1. The molecular formula is C20H21ClN2O2S. The standard InChI is InChI=1S/C20H21ClN2O2S/c21-12-1-3-13(4-2-12)26-10-11-9-16(20(25)19(11)24)14-5-6-15-17(22)7-8-23-18(14)15/h1-5,7-8,11,16,19-20,24-25H,6,9-10H2,(H2,22,23)/t11-,16+,19+,20?/m1/s1. The van der Waals surface area contributed by atoms with Crippen LogP contribution in [0.2, 0.25) is 5.02 Å². The Bertz CT molecular complexity index is 840. The summed E-state index contributed by atoms with van der Waals surface area (Å²) in [5.74, 6) is 0.680. The molecule has 4 atom stereocenters. The van der Waals surface area contributed by atoms with Crippen LogP contribution in [0.3, 0.4) is 0 Å². The van der Waals surface area contributed by atoms with Gasteiger partial charge in [0.1, 0.15) is 0 Å². The lowest BCUT2D eigenvalue weighted by Crippen LogP contribution is -2.29. The second-order valence-electron chi connectivity index (χ2n) is 6.94. The number of anilines is 1. The van der Waals surface area contributed by atoms with Gasteiger partial charge in [0.25, 0.3) is 0 Å². The normalized spacial score (nSPS) is 27.4. The molecule has 0 aliphatic heterocycles. The van der Waals surface area contributed by atoms with E-state index >= 15 is 0 Å². The van der Waals surface area contributed by atoms with Crippen LogP contribution in [0.5, 0.6) is 0 Å². The van der Waals surface area contributed by atoms with E-state index in [9.17, 15) is 10.2 Å². The first-order valence-electron chi connectivity index (χ1n) is 8.73. The molecule has 0 spiro atoms. The van der Waals surface area contributed by atoms with Crippen molar-refractivity contribution in [1.29, 1.82) is 0 Å². The van der Waals surface area contributed by atoms with Gasteiger partial charge < -0.3 is 15.9 Å². The molecule has 1 fully saturated rings. The third kappa shape index (κ3) is 3.25. The van der Waals surface area contributed by atoms with E-state index in [0.717, 1.165) is 46.0 Å². The van der Waals surface area contributed by atoms with Crippen LogP contribution in [0.4, 0.5) is 5.69 Å². The Labute approximate surface area is 162 Å². The molecule has 1 aromatic heterocycles. The van der Waals surface area contributed by atoms with Crippen LogP contribution in [-0.4, -0.2) is 33.2 Å². The number of fused-ring (bicyclic) bond motifs is 1. The molecule has 1 saturated carbocycles. The number of thioether (sulfide) groups is 1. The Kier molecular flexibility index (Phi) is 4.97. The number of nitrogens with two attached hydrogens (primary N) is 1. The molecule has 4 nitrogen and oxygen atoms in total. The minimum absolute atomic E-state index is 0.0293. The molecule has 4 N–H and O–H groups in total. The van der Waals surface area contributed by atoms with Crippen molar-refractivity contribution < 1.29 is 10.2 Å². The predicted octanol–water partition coefficient (Wildman–Crippen LogP) is 3.41. The Morgan fingerprint density at radius 1 is 1.15 bits per heavy atom. The van der Waals surface area contributed by atoms with Gasteiger partial charge in [-0.3, -0.25) is 4.98 Å². The smallest absolute Gasteiger partial charge is 0.0871 e. The molecule has 1 aromatic carbocycles. The molecule has 0 radical (unpaired) electrons. The summed E-state index contributed by atoms with van der Waals surface area (Å²) in [6, 6.07) is 9.49. The monoisotopic (exact) mass is 388 g/mol. The fraction of sp³-hybridized carbons (Fsp3) is 0.350. The number of rotatable bonds is 4. The number of hydrogen-bond donors (Lipinski definition) is 3. The van der Waals surface area contributed by atoms with Crippen molar-refractivity contribution in [3.8, 4) is 0 Å². The zero-order chi connectivity index (χ0) is 18.3. The number of pyridine rings is 1. The van der Waals surface area contributed by atoms with E-state index in [-0.39, 0.29) is 11.8 Å². The van der Waals surface area contributed by atoms with Crippen LogP contribution in [-0.2, 0) is 6.42 Å². The summed E-state index contributed by atoms with van der Waals surface area (Å²) in [4.78, 5) is 5.58. The first kappa shape index (κ1) is 17.9.